The van der Waals surface area contributed by atoms with Crippen molar-refractivity contribution in [3.63, 3.8) is 0 Å². The summed E-state index contributed by atoms with van der Waals surface area (Å²) in [7, 11) is 0. The Bertz CT molecular complexity index is 816. The van der Waals surface area contributed by atoms with Crippen molar-refractivity contribution >= 4 is 11.6 Å². The fourth-order valence-corrected chi connectivity index (χ4v) is 3.53. The SMILES string of the molecule is O=C(Cc1cn2ccccc2n1)NCC1(c2ccccc2)CCC1. The predicted molar refractivity (Wildman–Crippen MR) is 93.9 cm³/mol. The van der Waals surface area contributed by atoms with Gasteiger partial charge in [-0.15, -0.1) is 0 Å². The van der Waals surface area contributed by atoms with Gasteiger partial charge in [0.2, 0.25) is 5.91 Å². The summed E-state index contributed by atoms with van der Waals surface area (Å²) in [6.07, 6.45) is 7.72. The van der Waals surface area contributed by atoms with Gasteiger partial charge in [-0.1, -0.05) is 42.8 Å². The average Bonchev–Trinajstić information content (AvgIpc) is 2.97. The lowest BCUT2D eigenvalue weighted by molar-refractivity contribution is -0.120. The number of carbonyl (C=O) groups is 1. The first-order chi connectivity index (χ1) is 11.8. The van der Waals surface area contributed by atoms with Crippen LogP contribution in [-0.2, 0) is 16.6 Å². The molecule has 4 heteroatoms. The van der Waals surface area contributed by atoms with Gasteiger partial charge in [-0.25, -0.2) is 4.98 Å². The van der Waals surface area contributed by atoms with Crippen LogP contribution in [0.1, 0.15) is 30.5 Å². The molecule has 1 aliphatic rings. The number of nitrogens with zero attached hydrogens (tertiary/aromatic N) is 2. The lowest BCUT2D eigenvalue weighted by atomic mass is 9.64. The van der Waals surface area contributed by atoms with Crippen LogP contribution in [0.3, 0.4) is 0 Å². The minimum Gasteiger partial charge on any atom is -0.355 e. The van der Waals surface area contributed by atoms with Crippen LogP contribution in [0, 0.1) is 0 Å². The Labute approximate surface area is 141 Å². The molecular formula is C20H21N3O. The van der Waals surface area contributed by atoms with E-state index in [4.69, 9.17) is 0 Å². The zero-order chi connectivity index (χ0) is 16.4. The molecule has 4 rings (SSSR count). The van der Waals surface area contributed by atoms with Gasteiger partial charge in [-0.05, 0) is 30.5 Å². The van der Waals surface area contributed by atoms with Gasteiger partial charge in [0.05, 0.1) is 12.1 Å². The van der Waals surface area contributed by atoms with E-state index in [2.05, 4.69) is 34.6 Å². The first kappa shape index (κ1) is 14.9. The Morgan fingerprint density at radius 2 is 1.92 bits per heavy atom. The number of amides is 1. The van der Waals surface area contributed by atoms with E-state index in [0.29, 0.717) is 13.0 Å². The Kier molecular flexibility index (Phi) is 3.81. The molecule has 1 amide bonds. The summed E-state index contributed by atoms with van der Waals surface area (Å²) < 4.78 is 1.94. The molecule has 1 aliphatic carbocycles. The monoisotopic (exact) mass is 319 g/mol. The maximum Gasteiger partial charge on any atom is 0.226 e. The van der Waals surface area contributed by atoms with Gasteiger partial charge < -0.3 is 9.72 Å². The highest BCUT2D eigenvalue weighted by Gasteiger charge is 2.38. The maximum atomic E-state index is 12.3. The summed E-state index contributed by atoms with van der Waals surface area (Å²) in [5, 5.41) is 3.13. The van der Waals surface area contributed by atoms with Gasteiger partial charge in [0.15, 0.2) is 0 Å². The quantitative estimate of drug-likeness (QED) is 0.785. The van der Waals surface area contributed by atoms with Crippen LogP contribution in [0.4, 0.5) is 0 Å². The number of pyridine rings is 1. The van der Waals surface area contributed by atoms with Gasteiger partial charge in [-0.2, -0.15) is 0 Å². The molecular weight excluding hydrogens is 298 g/mol. The molecule has 0 spiro atoms. The van der Waals surface area contributed by atoms with E-state index in [-0.39, 0.29) is 11.3 Å². The van der Waals surface area contributed by atoms with Crippen molar-refractivity contribution in [2.45, 2.75) is 31.1 Å². The molecule has 0 radical (unpaired) electrons. The maximum absolute atomic E-state index is 12.3. The highest BCUT2D eigenvalue weighted by atomic mass is 16.1. The largest absolute Gasteiger partial charge is 0.355 e. The minimum atomic E-state index is 0.0422. The van der Waals surface area contributed by atoms with Crippen LogP contribution in [0.5, 0.6) is 0 Å². The first-order valence-electron chi connectivity index (χ1n) is 8.50. The molecule has 2 heterocycles. The third kappa shape index (κ3) is 2.80. The molecule has 0 atom stereocenters. The number of nitrogens with one attached hydrogen (secondary N) is 1. The lowest BCUT2D eigenvalue weighted by Crippen LogP contribution is -2.45. The number of carbonyl (C=O) groups excluding carboxylic acids is 1. The van der Waals surface area contributed by atoms with Crippen LogP contribution in [0.2, 0.25) is 0 Å². The summed E-state index contributed by atoms with van der Waals surface area (Å²) in [5.74, 6) is 0.0422. The number of fused-ring (bicyclic) bond motifs is 1. The van der Waals surface area contributed by atoms with Gasteiger partial charge in [-0.3, -0.25) is 4.79 Å². The van der Waals surface area contributed by atoms with E-state index in [0.717, 1.165) is 24.2 Å². The summed E-state index contributed by atoms with van der Waals surface area (Å²) in [4.78, 5) is 16.8. The Hall–Kier alpha value is -2.62. The fourth-order valence-electron chi connectivity index (χ4n) is 3.53. The van der Waals surface area contributed by atoms with E-state index in [1.54, 1.807) is 0 Å². The summed E-state index contributed by atoms with van der Waals surface area (Å²) >= 11 is 0. The van der Waals surface area contributed by atoms with Crippen molar-refractivity contribution in [1.29, 1.82) is 0 Å². The van der Waals surface area contributed by atoms with Crippen molar-refractivity contribution in [2.75, 3.05) is 6.54 Å². The fraction of sp³-hybridized carbons (Fsp3) is 0.300. The van der Waals surface area contributed by atoms with E-state index in [9.17, 15) is 4.79 Å². The zero-order valence-corrected chi connectivity index (χ0v) is 13.6. The predicted octanol–water partition coefficient (Wildman–Crippen LogP) is 3.11. The zero-order valence-electron chi connectivity index (χ0n) is 13.6. The van der Waals surface area contributed by atoms with Gasteiger partial charge in [0.25, 0.3) is 0 Å². The van der Waals surface area contributed by atoms with E-state index < -0.39 is 0 Å². The standard InChI is InChI=1S/C20H21N3O/c24-19(13-17-14-23-12-5-4-9-18(23)22-17)21-15-20(10-6-11-20)16-7-2-1-3-8-16/h1-5,7-9,12,14H,6,10-11,13,15H2,(H,21,24). The summed E-state index contributed by atoms with van der Waals surface area (Å²) in [6, 6.07) is 16.4. The molecule has 0 saturated heterocycles. The van der Waals surface area contributed by atoms with Gasteiger partial charge in [0.1, 0.15) is 5.65 Å². The number of benzene rings is 1. The topological polar surface area (TPSA) is 46.4 Å². The van der Waals surface area contributed by atoms with Gasteiger partial charge in [0, 0.05) is 24.4 Å². The van der Waals surface area contributed by atoms with Crippen molar-refractivity contribution < 1.29 is 4.79 Å². The number of imidazole rings is 1. The molecule has 1 saturated carbocycles. The first-order valence-corrected chi connectivity index (χ1v) is 8.50. The second kappa shape index (κ2) is 6.11. The molecule has 2 aromatic heterocycles. The third-order valence-electron chi connectivity index (χ3n) is 5.08. The number of hydrogen-bond donors (Lipinski definition) is 1. The molecule has 24 heavy (non-hydrogen) atoms. The lowest BCUT2D eigenvalue weighted by Gasteiger charge is -2.42. The van der Waals surface area contributed by atoms with Crippen LogP contribution in [0.15, 0.2) is 60.9 Å². The third-order valence-corrected chi connectivity index (χ3v) is 5.08. The Balaban J connectivity index is 1.41. The van der Waals surface area contributed by atoms with Crippen LogP contribution in [-0.4, -0.2) is 21.8 Å². The molecule has 0 aliphatic heterocycles. The van der Waals surface area contributed by atoms with E-state index in [1.807, 2.05) is 41.1 Å². The average molecular weight is 319 g/mol. The Morgan fingerprint density at radius 1 is 1.12 bits per heavy atom. The van der Waals surface area contributed by atoms with Gasteiger partial charge >= 0.3 is 0 Å². The highest BCUT2D eigenvalue weighted by molar-refractivity contribution is 5.78. The second-order valence-corrected chi connectivity index (χ2v) is 6.65. The molecule has 4 nitrogen and oxygen atoms in total. The molecule has 1 N–H and O–H groups in total. The normalized spacial score (nSPS) is 15.8. The molecule has 0 bridgehead atoms. The van der Waals surface area contributed by atoms with Crippen LogP contribution >= 0.6 is 0 Å². The van der Waals surface area contributed by atoms with Crippen LogP contribution < -0.4 is 5.32 Å². The highest BCUT2D eigenvalue weighted by Crippen LogP contribution is 2.43. The van der Waals surface area contributed by atoms with Crippen molar-refractivity contribution in [1.82, 2.24) is 14.7 Å². The Morgan fingerprint density at radius 3 is 2.62 bits per heavy atom. The van der Waals surface area contributed by atoms with E-state index in [1.165, 1.54) is 12.0 Å². The summed E-state index contributed by atoms with van der Waals surface area (Å²) in [5.41, 5.74) is 3.14. The smallest absolute Gasteiger partial charge is 0.226 e. The second-order valence-electron chi connectivity index (χ2n) is 6.65. The molecule has 1 aromatic carbocycles. The van der Waals surface area contributed by atoms with E-state index >= 15 is 0 Å². The molecule has 3 aromatic rings. The van der Waals surface area contributed by atoms with Crippen molar-refractivity contribution in [3.8, 4) is 0 Å². The van der Waals surface area contributed by atoms with Crippen molar-refractivity contribution in [2.24, 2.45) is 0 Å². The van der Waals surface area contributed by atoms with Crippen molar-refractivity contribution in [3.05, 3.63) is 72.2 Å². The molecule has 1 fully saturated rings. The molecule has 0 unspecified atom stereocenters. The van der Waals surface area contributed by atoms with Crippen LogP contribution in [0.25, 0.3) is 5.65 Å². The summed E-state index contributed by atoms with van der Waals surface area (Å²) in [6.45, 7) is 0.712. The number of aromatic nitrogens is 2. The minimum absolute atomic E-state index is 0.0422. The molecule has 122 valence electrons. The number of hydrogen-bond acceptors (Lipinski definition) is 2. The number of rotatable bonds is 5.